The van der Waals surface area contributed by atoms with E-state index >= 15 is 0 Å². The van der Waals surface area contributed by atoms with E-state index in [1.165, 1.54) is 0 Å². The molecule has 2 heterocycles. The summed E-state index contributed by atoms with van der Waals surface area (Å²) < 4.78 is 1.96. The highest BCUT2D eigenvalue weighted by atomic mass is 35.5. The zero-order valence-corrected chi connectivity index (χ0v) is 8.84. The molecule has 70 valence electrons. The number of nitrogens with zero attached hydrogens (tertiary/aromatic N) is 2. The minimum atomic E-state index is 0.684. The van der Waals surface area contributed by atoms with Crippen molar-refractivity contribution in [3.8, 4) is 0 Å². The number of hydrogen-bond acceptors (Lipinski definition) is 1. The second-order valence-corrected chi connectivity index (χ2v) is 2.93. The van der Waals surface area contributed by atoms with Crippen molar-refractivity contribution < 1.29 is 0 Å². The highest BCUT2D eigenvalue weighted by molar-refractivity contribution is 6.31. The Kier molecular flexibility index (Phi) is 3.32. The third kappa shape index (κ3) is 2.01. The Bertz CT molecular complexity index is 393. The number of aromatic nitrogens is 2. The molecule has 0 N–H and O–H groups in total. The first kappa shape index (κ1) is 10.1. The van der Waals surface area contributed by atoms with E-state index in [9.17, 15) is 0 Å². The van der Waals surface area contributed by atoms with Gasteiger partial charge in [-0.2, -0.15) is 0 Å². The highest BCUT2D eigenvalue weighted by Gasteiger charge is 1.97. The molecule has 0 aliphatic rings. The van der Waals surface area contributed by atoms with Crippen LogP contribution in [-0.2, 0) is 7.05 Å². The summed E-state index contributed by atoms with van der Waals surface area (Å²) in [5.74, 6) is 0. The van der Waals surface area contributed by atoms with E-state index in [0.717, 1.165) is 11.0 Å². The normalized spacial score (nSPS) is 9.54. The van der Waals surface area contributed by atoms with Gasteiger partial charge in [-0.3, -0.25) is 0 Å². The fraction of sp³-hybridized carbons (Fsp3) is 0.300. The zero-order chi connectivity index (χ0) is 9.84. The van der Waals surface area contributed by atoms with Gasteiger partial charge in [-0.15, -0.1) is 0 Å². The Morgan fingerprint density at radius 2 is 2.08 bits per heavy atom. The molecule has 0 aliphatic carbocycles. The quantitative estimate of drug-likeness (QED) is 0.633. The van der Waals surface area contributed by atoms with Crippen LogP contribution in [0, 0.1) is 0 Å². The number of fused-ring (bicyclic) bond motifs is 1. The molecule has 2 nitrogen and oxygen atoms in total. The fourth-order valence-corrected chi connectivity index (χ4v) is 1.29. The number of rotatable bonds is 0. The van der Waals surface area contributed by atoms with Crippen LogP contribution in [0.2, 0.25) is 5.02 Å². The average molecular weight is 197 g/mol. The topological polar surface area (TPSA) is 17.8 Å². The monoisotopic (exact) mass is 196 g/mol. The molecule has 2 aromatic rings. The van der Waals surface area contributed by atoms with Gasteiger partial charge in [0.25, 0.3) is 0 Å². The number of hydrogen-bond donors (Lipinski definition) is 0. The smallest absolute Gasteiger partial charge is 0.139 e. The van der Waals surface area contributed by atoms with Gasteiger partial charge in [0.1, 0.15) is 5.65 Å². The molecule has 0 fully saturated rings. The molecule has 2 aromatic heterocycles. The van der Waals surface area contributed by atoms with Crippen LogP contribution in [0.3, 0.4) is 0 Å². The first-order valence-corrected chi connectivity index (χ1v) is 4.72. The Balaban J connectivity index is 0.000000396. The Labute approximate surface area is 83.2 Å². The van der Waals surface area contributed by atoms with Crippen molar-refractivity contribution in [1.29, 1.82) is 0 Å². The van der Waals surface area contributed by atoms with Crippen LogP contribution < -0.4 is 0 Å². The van der Waals surface area contributed by atoms with Crippen molar-refractivity contribution in [2.75, 3.05) is 0 Å². The van der Waals surface area contributed by atoms with Crippen LogP contribution in [-0.4, -0.2) is 9.55 Å². The minimum absolute atomic E-state index is 0.684. The summed E-state index contributed by atoms with van der Waals surface area (Å²) in [5, 5.41) is 1.77. The van der Waals surface area contributed by atoms with Crippen molar-refractivity contribution in [3.63, 3.8) is 0 Å². The maximum atomic E-state index is 5.76. The maximum Gasteiger partial charge on any atom is 0.139 e. The lowest BCUT2D eigenvalue weighted by Gasteiger charge is -1.93. The van der Waals surface area contributed by atoms with Crippen LogP contribution >= 0.6 is 11.6 Å². The molecule has 0 saturated carbocycles. The third-order valence-corrected chi connectivity index (χ3v) is 1.88. The molecule has 0 saturated heterocycles. The first-order chi connectivity index (χ1) is 6.27. The van der Waals surface area contributed by atoms with Crippen molar-refractivity contribution in [2.24, 2.45) is 7.05 Å². The van der Waals surface area contributed by atoms with E-state index in [1.807, 2.05) is 43.8 Å². The molecular weight excluding hydrogens is 184 g/mol. The zero-order valence-electron chi connectivity index (χ0n) is 8.08. The summed E-state index contributed by atoms with van der Waals surface area (Å²) >= 11 is 5.76. The van der Waals surface area contributed by atoms with Gasteiger partial charge < -0.3 is 4.57 Å². The Morgan fingerprint density at radius 3 is 2.77 bits per heavy atom. The van der Waals surface area contributed by atoms with E-state index in [0.29, 0.717) is 5.02 Å². The van der Waals surface area contributed by atoms with Crippen LogP contribution in [0.4, 0.5) is 0 Å². The largest absolute Gasteiger partial charge is 0.336 e. The molecule has 0 aromatic carbocycles. The van der Waals surface area contributed by atoms with Gasteiger partial charge in [0.2, 0.25) is 0 Å². The summed E-state index contributed by atoms with van der Waals surface area (Å²) in [4.78, 5) is 4.17. The second-order valence-electron chi connectivity index (χ2n) is 2.49. The predicted molar refractivity (Wildman–Crippen MR) is 57.1 cm³/mol. The molecule has 0 atom stereocenters. The third-order valence-electron chi connectivity index (χ3n) is 1.67. The number of halogens is 1. The fourth-order valence-electron chi connectivity index (χ4n) is 1.13. The van der Waals surface area contributed by atoms with Gasteiger partial charge in [0.15, 0.2) is 0 Å². The Morgan fingerprint density at radius 1 is 1.38 bits per heavy atom. The highest BCUT2D eigenvalue weighted by Crippen LogP contribution is 2.16. The van der Waals surface area contributed by atoms with Gasteiger partial charge in [-0.25, -0.2) is 4.98 Å². The lowest BCUT2D eigenvalue weighted by molar-refractivity contribution is 0.948. The molecule has 3 heteroatoms. The van der Waals surface area contributed by atoms with Crippen molar-refractivity contribution in [2.45, 2.75) is 13.8 Å². The number of aryl methyl sites for hydroxylation is 1. The summed E-state index contributed by atoms with van der Waals surface area (Å²) in [7, 11) is 1.96. The van der Waals surface area contributed by atoms with Gasteiger partial charge in [0.05, 0.1) is 5.02 Å². The molecule has 0 unspecified atom stereocenters. The standard InChI is InChI=1S/C8H7ClN2.C2H6/c1-11-3-2-6-4-7(9)5-10-8(6)11;1-2/h2-5H,1H3;1-2H3. The van der Waals surface area contributed by atoms with Gasteiger partial charge in [-0.05, 0) is 12.1 Å². The first-order valence-electron chi connectivity index (χ1n) is 4.34. The van der Waals surface area contributed by atoms with Crippen LogP contribution in [0.15, 0.2) is 24.5 Å². The van der Waals surface area contributed by atoms with E-state index in [1.54, 1.807) is 6.20 Å². The van der Waals surface area contributed by atoms with Crippen molar-refractivity contribution in [1.82, 2.24) is 9.55 Å². The molecule has 2 rings (SSSR count). The molecule has 0 aliphatic heterocycles. The molecule has 0 radical (unpaired) electrons. The lowest BCUT2D eigenvalue weighted by Crippen LogP contribution is -1.86. The summed E-state index contributed by atoms with van der Waals surface area (Å²) in [6.45, 7) is 4.00. The van der Waals surface area contributed by atoms with Crippen molar-refractivity contribution in [3.05, 3.63) is 29.5 Å². The average Bonchev–Trinajstić information content (AvgIpc) is 2.51. The van der Waals surface area contributed by atoms with Crippen LogP contribution in [0.5, 0.6) is 0 Å². The lowest BCUT2D eigenvalue weighted by atomic mass is 10.3. The second kappa shape index (κ2) is 4.28. The van der Waals surface area contributed by atoms with Crippen LogP contribution in [0.25, 0.3) is 11.0 Å². The van der Waals surface area contributed by atoms with Gasteiger partial charge in [0, 0.05) is 24.8 Å². The Hall–Kier alpha value is -1.02. The van der Waals surface area contributed by atoms with Gasteiger partial charge >= 0.3 is 0 Å². The minimum Gasteiger partial charge on any atom is -0.336 e. The maximum absolute atomic E-state index is 5.76. The van der Waals surface area contributed by atoms with Crippen molar-refractivity contribution >= 4 is 22.6 Å². The van der Waals surface area contributed by atoms with Gasteiger partial charge in [-0.1, -0.05) is 25.4 Å². The van der Waals surface area contributed by atoms with E-state index in [-0.39, 0.29) is 0 Å². The van der Waals surface area contributed by atoms with E-state index < -0.39 is 0 Å². The molecule has 13 heavy (non-hydrogen) atoms. The molecule has 0 spiro atoms. The molecule has 0 bridgehead atoms. The predicted octanol–water partition coefficient (Wildman–Crippen LogP) is 3.25. The van der Waals surface area contributed by atoms with E-state index in [4.69, 9.17) is 11.6 Å². The number of pyridine rings is 1. The van der Waals surface area contributed by atoms with Crippen LogP contribution in [0.1, 0.15) is 13.8 Å². The molecular formula is C10H13ClN2. The van der Waals surface area contributed by atoms with E-state index in [2.05, 4.69) is 4.98 Å². The SMILES string of the molecule is CC.Cn1ccc2cc(Cl)cnc21. The molecule has 0 amide bonds. The summed E-state index contributed by atoms with van der Waals surface area (Å²) in [6.07, 6.45) is 3.62. The summed E-state index contributed by atoms with van der Waals surface area (Å²) in [5.41, 5.74) is 0.967. The summed E-state index contributed by atoms with van der Waals surface area (Å²) in [6, 6.07) is 3.90.